The second-order valence-electron chi connectivity index (χ2n) is 8.53. The van der Waals surface area contributed by atoms with Crippen LogP contribution in [0.5, 0.6) is 17.2 Å². The molecule has 2 aromatic carbocycles. The highest BCUT2D eigenvalue weighted by Gasteiger charge is 2.34. The average Bonchev–Trinajstić information content (AvgIpc) is 2.85. The van der Waals surface area contributed by atoms with Crippen LogP contribution in [0.1, 0.15) is 57.2 Å². The lowest BCUT2D eigenvalue weighted by atomic mass is 9.93. The lowest BCUT2D eigenvalue weighted by Crippen LogP contribution is -2.46. The minimum absolute atomic E-state index is 0.288. The average molecular weight is 483 g/mol. The maximum absolute atomic E-state index is 13.1. The molecule has 0 aliphatic carbocycles. The van der Waals surface area contributed by atoms with Crippen molar-refractivity contribution in [2.45, 2.75) is 58.8 Å². The number of carbonyl (C=O) groups is 2. The van der Waals surface area contributed by atoms with Gasteiger partial charge in [-0.05, 0) is 62.1 Å². The largest absolute Gasteiger partial charge is 0.497 e. The minimum atomic E-state index is -0.675. The molecule has 0 fully saturated rings. The van der Waals surface area contributed by atoms with Crippen molar-refractivity contribution in [2.75, 3.05) is 14.2 Å². The van der Waals surface area contributed by atoms with Crippen LogP contribution in [0.3, 0.4) is 0 Å². The summed E-state index contributed by atoms with van der Waals surface area (Å²) in [4.78, 5) is 25.5. The Hall–Kier alpha value is -3.68. The molecule has 2 N–H and O–H groups in total. The van der Waals surface area contributed by atoms with Gasteiger partial charge in [-0.1, -0.05) is 31.5 Å². The summed E-state index contributed by atoms with van der Waals surface area (Å²) in [6.07, 6.45) is 2.05. The second kappa shape index (κ2) is 12.1. The maximum Gasteiger partial charge on any atom is 0.338 e. The van der Waals surface area contributed by atoms with E-state index in [1.165, 1.54) is 0 Å². The number of rotatable bonds is 11. The Morgan fingerprint density at radius 2 is 1.77 bits per heavy atom. The van der Waals surface area contributed by atoms with E-state index in [0.717, 1.165) is 24.2 Å². The number of benzene rings is 2. The van der Waals surface area contributed by atoms with Gasteiger partial charge in [0.2, 0.25) is 0 Å². The van der Waals surface area contributed by atoms with Crippen molar-refractivity contribution in [2.24, 2.45) is 0 Å². The summed E-state index contributed by atoms with van der Waals surface area (Å²) in [6.45, 7) is 6.00. The number of ether oxygens (including phenoxy) is 4. The summed E-state index contributed by atoms with van der Waals surface area (Å²) in [6, 6.07) is 12.0. The van der Waals surface area contributed by atoms with Crippen LogP contribution in [0.25, 0.3) is 0 Å². The first-order chi connectivity index (χ1) is 16.9. The standard InChI is InChI=1S/C27H34N2O6/c1-6-7-8-21-24(26(30)35-17(2)3)25(29-27(31)28-21)19-11-14-22(23(15-19)33-5)34-16-18-9-12-20(32-4)13-10-18/h9-15,17,25H,6-8,16H2,1-5H3,(H2,28,29,31). The van der Waals surface area contributed by atoms with Crippen molar-refractivity contribution in [1.29, 1.82) is 0 Å². The third-order valence-corrected chi connectivity index (χ3v) is 5.57. The molecule has 0 radical (unpaired) electrons. The predicted octanol–water partition coefficient (Wildman–Crippen LogP) is 5.03. The molecule has 8 heteroatoms. The van der Waals surface area contributed by atoms with Gasteiger partial charge in [0.1, 0.15) is 12.4 Å². The Kier molecular flexibility index (Phi) is 9.00. The molecule has 3 rings (SSSR count). The van der Waals surface area contributed by atoms with E-state index in [1.54, 1.807) is 40.2 Å². The topological polar surface area (TPSA) is 95.1 Å². The summed E-state index contributed by atoms with van der Waals surface area (Å²) in [7, 11) is 3.18. The monoisotopic (exact) mass is 482 g/mol. The smallest absolute Gasteiger partial charge is 0.338 e. The molecule has 1 aliphatic heterocycles. The molecule has 8 nitrogen and oxygen atoms in total. The van der Waals surface area contributed by atoms with Gasteiger partial charge >= 0.3 is 12.0 Å². The molecule has 188 valence electrons. The molecule has 1 atom stereocenters. The molecule has 35 heavy (non-hydrogen) atoms. The van der Waals surface area contributed by atoms with Crippen LogP contribution in [0.15, 0.2) is 53.7 Å². The number of allylic oxidation sites excluding steroid dienone is 1. The van der Waals surface area contributed by atoms with E-state index in [4.69, 9.17) is 18.9 Å². The summed E-state index contributed by atoms with van der Waals surface area (Å²) in [5.74, 6) is 1.37. The number of urea groups is 1. The summed E-state index contributed by atoms with van der Waals surface area (Å²) < 4.78 is 22.3. The Balaban J connectivity index is 1.89. The number of nitrogens with one attached hydrogen (secondary N) is 2. The van der Waals surface area contributed by atoms with E-state index in [-0.39, 0.29) is 12.1 Å². The van der Waals surface area contributed by atoms with E-state index in [0.29, 0.717) is 41.4 Å². The second-order valence-corrected chi connectivity index (χ2v) is 8.53. The maximum atomic E-state index is 13.1. The van der Waals surface area contributed by atoms with Gasteiger partial charge in [-0.2, -0.15) is 0 Å². The number of amides is 2. The van der Waals surface area contributed by atoms with Gasteiger partial charge in [0.05, 0.1) is 31.9 Å². The van der Waals surface area contributed by atoms with Crippen molar-refractivity contribution < 1.29 is 28.5 Å². The van der Waals surface area contributed by atoms with E-state index in [1.807, 2.05) is 30.3 Å². The van der Waals surface area contributed by atoms with Gasteiger partial charge in [0.15, 0.2) is 11.5 Å². The highest BCUT2D eigenvalue weighted by atomic mass is 16.5. The van der Waals surface area contributed by atoms with Gasteiger partial charge in [-0.15, -0.1) is 0 Å². The quantitative estimate of drug-likeness (QED) is 0.436. The van der Waals surface area contributed by atoms with Crippen LogP contribution >= 0.6 is 0 Å². The Morgan fingerprint density at radius 3 is 2.40 bits per heavy atom. The SMILES string of the molecule is CCCCC1=C(C(=O)OC(C)C)C(c2ccc(OCc3ccc(OC)cc3)c(OC)c2)NC(=O)N1. The van der Waals surface area contributed by atoms with Gasteiger partial charge < -0.3 is 29.6 Å². The lowest BCUT2D eigenvalue weighted by molar-refractivity contribution is -0.143. The molecule has 1 unspecified atom stereocenters. The molecule has 0 aromatic heterocycles. The van der Waals surface area contributed by atoms with Crippen molar-refractivity contribution in [3.05, 3.63) is 64.9 Å². The fourth-order valence-electron chi connectivity index (χ4n) is 3.80. The van der Waals surface area contributed by atoms with E-state index >= 15 is 0 Å². The van der Waals surface area contributed by atoms with Crippen LogP contribution < -0.4 is 24.8 Å². The predicted molar refractivity (Wildman–Crippen MR) is 133 cm³/mol. The zero-order valence-electron chi connectivity index (χ0n) is 21.0. The molecule has 0 saturated carbocycles. The van der Waals surface area contributed by atoms with Gasteiger partial charge in [0, 0.05) is 5.70 Å². The van der Waals surface area contributed by atoms with Crippen LogP contribution in [-0.2, 0) is 16.1 Å². The molecule has 0 bridgehead atoms. The number of methoxy groups -OCH3 is 2. The zero-order valence-corrected chi connectivity index (χ0v) is 21.0. The Bertz CT molecular complexity index is 1060. The number of hydrogen-bond acceptors (Lipinski definition) is 6. The molecular formula is C27H34N2O6. The van der Waals surface area contributed by atoms with Crippen molar-refractivity contribution in [3.63, 3.8) is 0 Å². The minimum Gasteiger partial charge on any atom is -0.497 e. The molecule has 0 spiro atoms. The Labute approximate surface area is 206 Å². The first-order valence-corrected chi connectivity index (χ1v) is 11.8. The van der Waals surface area contributed by atoms with Crippen LogP contribution in [0, 0.1) is 0 Å². The van der Waals surface area contributed by atoms with Crippen molar-refractivity contribution >= 4 is 12.0 Å². The number of unbranched alkanes of at least 4 members (excludes halogenated alkanes) is 1. The molecule has 1 heterocycles. The molecule has 1 aliphatic rings. The normalized spacial score (nSPS) is 15.4. The number of carbonyl (C=O) groups excluding carboxylic acids is 2. The first kappa shape index (κ1) is 25.9. The fourth-order valence-corrected chi connectivity index (χ4v) is 3.80. The first-order valence-electron chi connectivity index (χ1n) is 11.8. The zero-order chi connectivity index (χ0) is 25.4. The van der Waals surface area contributed by atoms with Crippen LogP contribution in [0.4, 0.5) is 4.79 Å². The lowest BCUT2D eigenvalue weighted by Gasteiger charge is -2.30. The van der Waals surface area contributed by atoms with Gasteiger partial charge in [0.25, 0.3) is 0 Å². The molecule has 2 aromatic rings. The number of hydrogen-bond donors (Lipinski definition) is 2. The van der Waals surface area contributed by atoms with Gasteiger partial charge in [-0.3, -0.25) is 0 Å². The molecule has 2 amide bonds. The van der Waals surface area contributed by atoms with E-state index in [9.17, 15) is 9.59 Å². The summed E-state index contributed by atoms with van der Waals surface area (Å²) >= 11 is 0. The number of esters is 1. The fraction of sp³-hybridized carbons (Fsp3) is 0.407. The molecular weight excluding hydrogens is 448 g/mol. The van der Waals surface area contributed by atoms with Crippen molar-refractivity contribution in [3.8, 4) is 17.2 Å². The third kappa shape index (κ3) is 6.68. The Morgan fingerprint density at radius 1 is 1.03 bits per heavy atom. The van der Waals surface area contributed by atoms with Gasteiger partial charge in [-0.25, -0.2) is 9.59 Å². The highest BCUT2D eigenvalue weighted by molar-refractivity contribution is 5.95. The summed E-state index contributed by atoms with van der Waals surface area (Å²) in [5, 5.41) is 5.67. The van der Waals surface area contributed by atoms with Crippen molar-refractivity contribution in [1.82, 2.24) is 10.6 Å². The molecule has 0 saturated heterocycles. The van der Waals surface area contributed by atoms with Crippen LogP contribution in [0.2, 0.25) is 0 Å². The van der Waals surface area contributed by atoms with E-state index < -0.39 is 12.0 Å². The summed E-state index contributed by atoms with van der Waals surface area (Å²) in [5.41, 5.74) is 2.66. The van der Waals surface area contributed by atoms with E-state index in [2.05, 4.69) is 17.6 Å². The van der Waals surface area contributed by atoms with Crippen LogP contribution in [-0.4, -0.2) is 32.3 Å². The third-order valence-electron chi connectivity index (χ3n) is 5.57. The highest BCUT2D eigenvalue weighted by Crippen LogP contribution is 2.36.